The second-order valence-corrected chi connectivity index (χ2v) is 8.98. The van der Waals surface area contributed by atoms with E-state index >= 15 is 0 Å². The number of benzene rings is 2. The minimum absolute atomic E-state index is 0.00716. The Morgan fingerprint density at radius 2 is 1.97 bits per heavy atom. The molecular formula is C31H31N2O+. The minimum atomic E-state index is -3.02. The number of fused-ring (bicyclic) bond motifs is 7. The van der Waals surface area contributed by atoms with Gasteiger partial charge >= 0.3 is 0 Å². The summed E-state index contributed by atoms with van der Waals surface area (Å²) < 4.78 is 117. The zero-order chi connectivity index (χ0) is 34.9. The molecule has 1 aliphatic rings. The number of nitrogens with zero attached hydrogens (tertiary/aromatic N) is 2. The van der Waals surface area contributed by atoms with Gasteiger partial charge in [-0.05, 0) is 47.5 Å². The summed E-state index contributed by atoms with van der Waals surface area (Å²) in [5.74, 6) is -2.25. The fourth-order valence-electron chi connectivity index (χ4n) is 5.19. The number of hydrogen-bond acceptors (Lipinski definition) is 2. The largest absolute Gasteiger partial charge is 0.437 e. The highest BCUT2D eigenvalue weighted by Gasteiger charge is 2.38. The molecule has 34 heavy (non-hydrogen) atoms. The SMILES string of the molecule is [2H]C([2H])([2H])c1cc(-c2c(C)ccc3c2oc2ncc4c(c23)C(C([2H])([2H])[2H])(C([2H])([2H])[2H])c2ccccc2-4)[n+](C)cc1C([2H])(C)C([2H])([2H])[2H]. The first-order chi connectivity index (χ1) is 21.5. The smallest absolute Gasteiger partial charge is 0.227 e. The van der Waals surface area contributed by atoms with E-state index in [4.69, 9.17) is 22.2 Å². The topological polar surface area (TPSA) is 29.9 Å². The lowest BCUT2D eigenvalue weighted by molar-refractivity contribution is -0.660. The van der Waals surface area contributed by atoms with E-state index < -0.39 is 38.7 Å². The second kappa shape index (κ2) is 7.02. The van der Waals surface area contributed by atoms with Crippen LogP contribution in [0.1, 0.15) is 79.0 Å². The van der Waals surface area contributed by atoms with Gasteiger partial charge in [0, 0.05) is 52.0 Å². The zero-order valence-corrected chi connectivity index (χ0v) is 19.0. The molecule has 0 bridgehead atoms. The van der Waals surface area contributed by atoms with Crippen molar-refractivity contribution in [3.8, 4) is 22.4 Å². The van der Waals surface area contributed by atoms with E-state index in [1.165, 1.54) is 29.1 Å². The third-order valence-electron chi connectivity index (χ3n) is 6.81. The zero-order valence-electron chi connectivity index (χ0n) is 32.0. The van der Waals surface area contributed by atoms with Crippen LogP contribution in [0.25, 0.3) is 44.5 Å². The van der Waals surface area contributed by atoms with Crippen LogP contribution in [-0.4, -0.2) is 4.98 Å². The van der Waals surface area contributed by atoms with Crippen molar-refractivity contribution in [1.82, 2.24) is 4.98 Å². The van der Waals surface area contributed by atoms with E-state index in [1.807, 2.05) is 0 Å². The molecule has 0 saturated heterocycles. The Bertz CT molecular complexity index is 2080. The third kappa shape index (κ3) is 2.70. The Morgan fingerprint density at radius 3 is 2.76 bits per heavy atom. The van der Waals surface area contributed by atoms with Crippen LogP contribution >= 0.6 is 0 Å². The lowest BCUT2D eigenvalue weighted by Crippen LogP contribution is -2.32. The second-order valence-electron chi connectivity index (χ2n) is 8.98. The van der Waals surface area contributed by atoms with Gasteiger partial charge in [-0.3, -0.25) is 0 Å². The highest BCUT2D eigenvalue weighted by Crippen LogP contribution is 2.52. The Labute approximate surface area is 219 Å². The molecule has 0 fully saturated rings. The van der Waals surface area contributed by atoms with E-state index in [2.05, 4.69) is 4.98 Å². The molecular weight excluding hydrogens is 416 g/mol. The molecule has 6 rings (SSSR count). The summed E-state index contributed by atoms with van der Waals surface area (Å²) >= 11 is 0. The molecule has 1 unspecified atom stereocenters. The molecule has 0 N–H and O–H groups in total. The van der Waals surface area contributed by atoms with Crippen LogP contribution in [0.3, 0.4) is 0 Å². The molecule has 3 heterocycles. The van der Waals surface area contributed by atoms with Gasteiger partial charge in [0.25, 0.3) is 0 Å². The first-order valence-corrected chi connectivity index (χ1v) is 11.0. The maximum atomic E-state index is 8.68. The number of furan rings is 1. The minimum Gasteiger partial charge on any atom is -0.437 e. The molecule has 1 aliphatic carbocycles. The van der Waals surface area contributed by atoms with Crippen LogP contribution < -0.4 is 4.57 Å². The van der Waals surface area contributed by atoms with Crippen molar-refractivity contribution >= 4 is 22.1 Å². The number of hydrogen-bond donors (Lipinski definition) is 0. The van der Waals surface area contributed by atoms with Crippen LogP contribution in [0.5, 0.6) is 0 Å². The van der Waals surface area contributed by atoms with Gasteiger partial charge in [-0.1, -0.05) is 63.9 Å². The quantitative estimate of drug-likeness (QED) is 0.255. The molecule has 3 nitrogen and oxygen atoms in total. The average molecular weight is 461 g/mol. The van der Waals surface area contributed by atoms with Crippen LogP contribution in [0.15, 0.2) is 59.3 Å². The van der Waals surface area contributed by atoms with Gasteiger partial charge in [-0.2, -0.15) is 0 Å². The third-order valence-corrected chi connectivity index (χ3v) is 6.81. The molecule has 3 aromatic heterocycles. The van der Waals surface area contributed by atoms with Crippen LogP contribution in [0, 0.1) is 13.8 Å². The maximum absolute atomic E-state index is 8.68. The molecule has 1 atom stereocenters. The standard InChI is InChI=1S/C31H31N2O/c1-17(2)23-16-33(7)25(14-19(23)4)26-18(3)12-13-21-27-28-22(15-32-30(27)34-29(21)26)20-10-8-9-11-24(20)31(28,5)6/h8-17H,1-7H3/q+1/i1D3,4D3,5D3,6D3,17D. The molecule has 170 valence electrons. The van der Waals surface area contributed by atoms with Gasteiger partial charge in [0.05, 0.1) is 10.9 Å². The summed E-state index contributed by atoms with van der Waals surface area (Å²) in [6.45, 7) is -8.74. The highest BCUT2D eigenvalue weighted by molar-refractivity contribution is 6.13. The lowest BCUT2D eigenvalue weighted by Gasteiger charge is -2.22. The number of pyridine rings is 2. The first kappa shape index (κ1) is 11.3. The van der Waals surface area contributed by atoms with E-state index in [9.17, 15) is 0 Å². The summed E-state index contributed by atoms with van der Waals surface area (Å²) in [4.78, 5) is 4.52. The van der Waals surface area contributed by atoms with E-state index in [-0.39, 0.29) is 38.9 Å². The Hall–Kier alpha value is -3.46. The average Bonchev–Trinajstić information content (AvgIpc) is 3.45. The summed E-state index contributed by atoms with van der Waals surface area (Å²) in [6, 6.07) is 11.3. The molecule has 2 aromatic carbocycles. The normalized spacial score (nSPS) is 23.1. The van der Waals surface area contributed by atoms with Gasteiger partial charge in [-0.15, -0.1) is 0 Å². The number of aromatic nitrogens is 2. The molecule has 0 spiro atoms. The maximum Gasteiger partial charge on any atom is 0.227 e. The Morgan fingerprint density at radius 1 is 1.12 bits per heavy atom. The van der Waals surface area contributed by atoms with Gasteiger partial charge in [-0.25, -0.2) is 9.55 Å². The van der Waals surface area contributed by atoms with Crippen molar-refractivity contribution < 1.29 is 26.8 Å². The van der Waals surface area contributed by atoms with E-state index in [0.717, 1.165) is 6.92 Å². The highest BCUT2D eigenvalue weighted by atomic mass is 16.3. The fourth-order valence-corrected chi connectivity index (χ4v) is 5.19. The van der Waals surface area contributed by atoms with Crippen molar-refractivity contribution in [3.63, 3.8) is 0 Å². The van der Waals surface area contributed by atoms with E-state index in [0.29, 0.717) is 33.3 Å². The molecule has 0 aliphatic heterocycles. The summed E-state index contributed by atoms with van der Waals surface area (Å²) in [6.07, 6.45) is 2.76. The fraction of sp³-hybridized carbons (Fsp3) is 0.290. The van der Waals surface area contributed by atoms with E-state index in [1.54, 1.807) is 44.3 Å². The van der Waals surface area contributed by atoms with Crippen molar-refractivity contribution in [3.05, 3.63) is 82.7 Å². The summed E-state index contributed by atoms with van der Waals surface area (Å²) in [5.41, 5.74) is -0.306. The van der Waals surface area contributed by atoms with Crippen molar-refractivity contribution in [2.24, 2.45) is 7.05 Å². The predicted octanol–water partition coefficient (Wildman–Crippen LogP) is 7.52. The van der Waals surface area contributed by atoms with Gasteiger partial charge in [0.2, 0.25) is 11.4 Å². The summed E-state index contributed by atoms with van der Waals surface area (Å²) in [5, 5.41) is 0.599. The van der Waals surface area contributed by atoms with Crippen molar-refractivity contribution in [2.45, 2.75) is 52.6 Å². The van der Waals surface area contributed by atoms with Crippen LogP contribution in [0.2, 0.25) is 0 Å². The number of rotatable bonds is 2. The monoisotopic (exact) mass is 460 g/mol. The van der Waals surface area contributed by atoms with Crippen molar-refractivity contribution in [2.75, 3.05) is 0 Å². The molecule has 0 saturated carbocycles. The van der Waals surface area contributed by atoms with Gasteiger partial charge in [0.1, 0.15) is 7.05 Å². The molecule has 5 aromatic rings. The summed E-state index contributed by atoms with van der Waals surface area (Å²) in [7, 11) is 1.60. The predicted molar refractivity (Wildman–Crippen MR) is 139 cm³/mol. The van der Waals surface area contributed by atoms with Crippen LogP contribution in [-0.2, 0) is 12.5 Å². The molecule has 0 amide bonds. The number of aryl methyl sites for hydroxylation is 3. The van der Waals surface area contributed by atoms with Gasteiger partial charge in [0.15, 0.2) is 11.8 Å². The lowest BCUT2D eigenvalue weighted by atomic mass is 9.81. The molecule has 0 radical (unpaired) electrons. The van der Waals surface area contributed by atoms with Crippen LogP contribution in [0.4, 0.5) is 0 Å². The van der Waals surface area contributed by atoms with Gasteiger partial charge < -0.3 is 4.42 Å². The van der Waals surface area contributed by atoms with Crippen molar-refractivity contribution in [1.29, 1.82) is 0 Å². The molecule has 3 heteroatoms. The first-order valence-electron chi connectivity index (χ1n) is 17.5. The Kier molecular flexibility index (Phi) is 2.34. The Balaban J connectivity index is 1.75.